The van der Waals surface area contributed by atoms with Crippen molar-refractivity contribution in [2.24, 2.45) is 5.92 Å². The van der Waals surface area contributed by atoms with Gasteiger partial charge in [-0.05, 0) is 44.7 Å². The maximum Gasteiger partial charge on any atom is 0.281 e. The minimum atomic E-state index is -3.25. The first-order chi connectivity index (χ1) is 8.51. The van der Waals surface area contributed by atoms with Crippen molar-refractivity contribution in [3.8, 4) is 0 Å². The standard InChI is InChI=1S/C12H25N3O2S/c1-11-5-9-15(10-6-11)18(16,17)14(2)12-3-7-13-8-4-12/h11-13H,3-10H2,1-2H3. The van der Waals surface area contributed by atoms with Crippen LogP contribution in [0.5, 0.6) is 0 Å². The van der Waals surface area contributed by atoms with Crippen LogP contribution in [0, 0.1) is 5.92 Å². The van der Waals surface area contributed by atoms with Gasteiger partial charge < -0.3 is 5.32 Å². The van der Waals surface area contributed by atoms with E-state index in [9.17, 15) is 8.42 Å². The average molecular weight is 275 g/mol. The molecule has 0 unspecified atom stereocenters. The maximum absolute atomic E-state index is 12.5. The van der Waals surface area contributed by atoms with Crippen molar-refractivity contribution in [1.29, 1.82) is 0 Å². The van der Waals surface area contributed by atoms with Crippen LogP contribution in [0.1, 0.15) is 32.6 Å². The maximum atomic E-state index is 12.5. The fourth-order valence-electron chi connectivity index (χ4n) is 2.76. The molecule has 0 amide bonds. The van der Waals surface area contributed by atoms with E-state index in [1.807, 2.05) is 0 Å². The number of rotatable bonds is 3. The minimum Gasteiger partial charge on any atom is -0.317 e. The molecule has 0 aromatic heterocycles. The topological polar surface area (TPSA) is 52.7 Å². The van der Waals surface area contributed by atoms with E-state index >= 15 is 0 Å². The first kappa shape index (κ1) is 14.2. The van der Waals surface area contributed by atoms with Crippen LogP contribution in [0.4, 0.5) is 0 Å². The second kappa shape index (κ2) is 5.86. The minimum absolute atomic E-state index is 0.163. The van der Waals surface area contributed by atoms with Crippen LogP contribution in [0.25, 0.3) is 0 Å². The van der Waals surface area contributed by atoms with E-state index in [0.29, 0.717) is 19.0 Å². The van der Waals surface area contributed by atoms with Gasteiger partial charge in [0.2, 0.25) is 0 Å². The van der Waals surface area contributed by atoms with Gasteiger partial charge in [0, 0.05) is 26.2 Å². The van der Waals surface area contributed by atoms with Crippen molar-refractivity contribution in [2.45, 2.75) is 38.6 Å². The van der Waals surface area contributed by atoms with Crippen molar-refractivity contribution < 1.29 is 8.42 Å². The molecule has 0 spiro atoms. The number of nitrogens with zero attached hydrogens (tertiary/aromatic N) is 2. The normalized spacial score (nSPS) is 25.7. The van der Waals surface area contributed by atoms with Crippen LogP contribution < -0.4 is 5.32 Å². The molecule has 2 aliphatic heterocycles. The fourth-order valence-corrected chi connectivity index (χ4v) is 4.38. The van der Waals surface area contributed by atoms with Crippen LogP contribution in [0.15, 0.2) is 0 Å². The second-order valence-electron chi connectivity index (χ2n) is 5.59. The summed E-state index contributed by atoms with van der Waals surface area (Å²) < 4.78 is 28.3. The van der Waals surface area contributed by atoms with Gasteiger partial charge in [0.1, 0.15) is 0 Å². The summed E-state index contributed by atoms with van der Waals surface area (Å²) in [6.07, 6.45) is 3.80. The van der Waals surface area contributed by atoms with Gasteiger partial charge >= 0.3 is 0 Å². The van der Waals surface area contributed by atoms with Gasteiger partial charge in [-0.15, -0.1) is 0 Å². The lowest BCUT2D eigenvalue weighted by Gasteiger charge is -2.37. The highest BCUT2D eigenvalue weighted by Crippen LogP contribution is 2.22. The van der Waals surface area contributed by atoms with Crippen LogP contribution in [-0.4, -0.2) is 56.3 Å². The van der Waals surface area contributed by atoms with Crippen molar-refractivity contribution in [3.63, 3.8) is 0 Å². The molecule has 0 radical (unpaired) electrons. The third kappa shape index (κ3) is 3.04. The van der Waals surface area contributed by atoms with E-state index in [4.69, 9.17) is 0 Å². The fraction of sp³-hybridized carbons (Fsp3) is 1.00. The second-order valence-corrected chi connectivity index (χ2v) is 7.57. The molecule has 0 aromatic carbocycles. The van der Waals surface area contributed by atoms with E-state index in [0.717, 1.165) is 38.8 Å². The Hall–Kier alpha value is -0.170. The lowest BCUT2D eigenvalue weighted by Crippen LogP contribution is -2.51. The zero-order chi connectivity index (χ0) is 13.2. The molecule has 0 aromatic rings. The molecule has 0 saturated carbocycles. The van der Waals surface area contributed by atoms with E-state index in [-0.39, 0.29) is 6.04 Å². The molecule has 18 heavy (non-hydrogen) atoms. The summed E-state index contributed by atoms with van der Waals surface area (Å²) in [4.78, 5) is 0. The molecular weight excluding hydrogens is 250 g/mol. The van der Waals surface area contributed by atoms with Crippen molar-refractivity contribution >= 4 is 10.2 Å². The highest BCUT2D eigenvalue weighted by atomic mass is 32.2. The summed E-state index contributed by atoms with van der Waals surface area (Å²) in [5.74, 6) is 0.653. The van der Waals surface area contributed by atoms with Gasteiger partial charge in [0.25, 0.3) is 10.2 Å². The Kier molecular flexibility index (Phi) is 4.64. The molecule has 2 saturated heterocycles. The van der Waals surface area contributed by atoms with Crippen LogP contribution in [0.2, 0.25) is 0 Å². The monoisotopic (exact) mass is 275 g/mol. The zero-order valence-corrected chi connectivity index (χ0v) is 12.2. The van der Waals surface area contributed by atoms with E-state index in [1.165, 1.54) is 0 Å². The van der Waals surface area contributed by atoms with Gasteiger partial charge in [0.15, 0.2) is 0 Å². The van der Waals surface area contributed by atoms with Gasteiger partial charge in [-0.25, -0.2) is 0 Å². The Bertz CT molecular complexity index is 358. The summed E-state index contributed by atoms with van der Waals surface area (Å²) in [7, 11) is -1.51. The molecule has 2 heterocycles. The lowest BCUT2D eigenvalue weighted by atomic mass is 10.0. The highest BCUT2D eigenvalue weighted by Gasteiger charge is 2.34. The molecule has 1 N–H and O–H groups in total. The Balaban J connectivity index is 2.00. The molecule has 2 aliphatic rings. The molecule has 2 rings (SSSR count). The molecule has 6 heteroatoms. The van der Waals surface area contributed by atoms with Crippen LogP contribution >= 0.6 is 0 Å². The van der Waals surface area contributed by atoms with Gasteiger partial charge in [-0.3, -0.25) is 0 Å². The summed E-state index contributed by atoms with van der Waals surface area (Å²) in [5, 5.41) is 3.27. The van der Waals surface area contributed by atoms with Crippen molar-refractivity contribution in [2.75, 3.05) is 33.2 Å². The largest absolute Gasteiger partial charge is 0.317 e. The number of hydrogen-bond donors (Lipinski definition) is 1. The van der Waals surface area contributed by atoms with E-state index in [2.05, 4.69) is 12.2 Å². The number of piperidine rings is 2. The van der Waals surface area contributed by atoms with Crippen LogP contribution in [0.3, 0.4) is 0 Å². The highest BCUT2D eigenvalue weighted by molar-refractivity contribution is 7.86. The van der Waals surface area contributed by atoms with Crippen molar-refractivity contribution in [3.05, 3.63) is 0 Å². The number of hydrogen-bond acceptors (Lipinski definition) is 3. The molecule has 106 valence electrons. The third-order valence-electron chi connectivity index (χ3n) is 4.26. The summed E-state index contributed by atoms with van der Waals surface area (Å²) >= 11 is 0. The summed E-state index contributed by atoms with van der Waals surface area (Å²) in [6.45, 7) is 5.39. The Labute approximate surface area is 111 Å². The first-order valence-corrected chi connectivity index (χ1v) is 8.35. The Morgan fingerprint density at radius 3 is 2.22 bits per heavy atom. The van der Waals surface area contributed by atoms with Gasteiger partial charge in [0.05, 0.1) is 0 Å². The predicted molar refractivity (Wildman–Crippen MR) is 72.5 cm³/mol. The van der Waals surface area contributed by atoms with Crippen LogP contribution in [-0.2, 0) is 10.2 Å². The van der Waals surface area contributed by atoms with E-state index in [1.54, 1.807) is 15.7 Å². The molecule has 0 atom stereocenters. The third-order valence-corrected chi connectivity index (χ3v) is 6.30. The van der Waals surface area contributed by atoms with Crippen molar-refractivity contribution in [1.82, 2.24) is 13.9 Å². The van der Waals surface area contributed by atoms with Gasteiger partial charge in [-0.2, -0.15) is 17.0 Å². The molecule has 0 bridgehead atoms. The molecule has 0 aliphatic carbocycles. The van der Waals surface area contributed by atoms with Gasteiger partial charge in [-0.1, -0.05) is 6.92 Å². The molecular formula is C12H25N3O2S. The molecule has 5 nitrogen and oxygen atoms in total. The molecule has 2 fully saturated rings. The summed E-state index contributed by atoms with van der Waals surface area (Å²) in [6, 6.07) is 0.163. The SMILES string of the molecule is CC1CCN(S(=O)(=O)N(C)C2CCNCC2)CC1. The zero-order valence-electron chi connectivity index (χ0n) is 11.4. The smallest absolute Gasteiger partial charge is 0.281 e. The average Bonchev–Trinajstić information content (AvgIpc) is 2.39. The van der Waals surface area contributed by atoms with E-state index < -0.39 is 10.2 Å². The first-order valence-electron chi connectivity index (χ1n) is 6.95. The predicted octanol–water partition coefficient (Wildman–Crippen LogP) is 0.647. The summed E-state index contributed by atoms with van der Waals surface area (Å²) in [5.41, 5.74) is 0. The quantitative estimate of drug-likeness (QED) is 0.823. The Morgan fingerprint density at radius 2 is 1.67 bits per heavy atom. The lowest BCUT2D eigenvalue weighted by molar-refractivity contribution is 0.240. The number of nitrogens with one attached hydrogen (secondary N) is 1. The Morgan fingerprint density at radius 1 is 1.11 bits per heavy atom.